The monoisotopic (exact) mass is 367 g/mol. The van der Waals surface area contributed by atoms with E-state index < -0.39 is 0 Å². The summed E-state index contributed by atoms with van der Waals surface area (Å²) < 4.78 is 6.98. The van der Waals surface area contributed by atoms with Gasteiger partial charge in [-0.05, 0) is 52.2 Å². The van der Waals surface area contributed by atoms with Crippen LogP contribution in [0.25, 0.3) is 5.69 Å². The zero-order valence-electron chi connectivity index (χ0n) is 16.0. The van der Waals surface area contributed by atoms with Gasteiger partial charge < -0.3 is 10.1 Å². The number of nitrogens with zero attached hydrogens (tertiary/aromatic N) is 2. The van der Waals surface area contributed by atoms with Crippen LogP contribution in [0.15, 0.2) is 36.4 Å². The van der Waals surface area contributed by atoms with Crippen LogP contribution in [0, 0.1) is 26.7 Å². The van der Waals surface area contributed by atoms with Crippen molar-refractivity contribution in [3.63, 3.8) is 0 Å². The number of nitrogens with one attached hydrogen (secondary N) is 1. The van der Waals surface area contributed by atoms with Gasteiger partial charge >= 0.3 is 5.97 Å². The number of amides is 1. The molecule has 2 aromatic rings. The van der Waals surface area contributed by atoms with Gasteiger partial charge in [0.1, 0.15) is 0 Å². The van der Waals surface area contributed by atoms with Crippen LogP contribution in [0.1, 0.15) is 36.2 Å². The summed E-state index contributed by atoms with van der Waals surface area (Å²) >= 11 is 0. The molecule has 1 N–H and O–H groups in total. The predicted molar refractivity (Wildman–Crippen MR) is 104 cm³/mol. The van der Waals surface area contributed by atoms with E-state index in [0.29, 0.717) is 17.8 Å². The predicted octanol–water partition coefficient (Wildman–Crippen LogP) is 3.64. The number of ether oxygens (including phenoxy) is 1. The Bertz CT molecular complexity index is 866. The first kappa shape index (κ1) is 18.9. The highest BCUT2D eigenvalue weighted by molar-refractivity contribution is 5.94. The van der Waals surface area contributed by atoms with Crippen LogP contribution in [0.4, 0.5) is 5.69 Å². The van der Waals surface area contributed by atoms with E-state index >= 15 is 0 Å². The first-order valence-electron chi connectivity index (χ1n) is 9.20. The number of hydrogen-bond acceptors (Lipinski definition) is 4. The number of hydrogen-bond donors (Lipinski definition) is 1. The quantitative estimate of drug-likeness (QED) is 0.647. The largest absolute Gasteiger partial charge is 0.455 e. The van der Waals surface area contributed by atoms with Gasteiger partial charge in [0.2, 0.25) is 0 Å². The van der Waals surface area contributed by atoms with Crippen molar-refractivity contribution in [3.8, 4) is 5.69 Å². The van der Waals surface area contributed by atoms with Crippen molar-refractivity contribution in [2.24, 2.45) is 5.92 Å². The van der Waals surface area contributed by atoms with Crippen LogP contribution >= 0.6 is 0 Å². The zero-order valence-corrected chi connectivity index (χ0v) is 16.0. The molecule has 0 radical (unpaired) electrons. The molecule has 1 heterocycles. The molecular formula is C21H25N3O3. The van der Waals surface area contributed by atoms with E-state index in [-0.39, 0.29) is 24.4 Å². The number of esters is 1. The van der Waals surface area contributed by atoms with E-state index in [1.807, 2.05) is 51.1 Å². The smallest absolute Gasteiger partial charge is 0.309 e. The molecule has 0 spiro atoms. The molecule has 3 rings (SSSR count). The fourth-order valence-electron chi connectivity index (χ4n) is 3.20. The molecule has 1 atom stereocenters. The normalized spacial score (nSPS) is 16.2. The number of benzene rings is 1. The molecule has 1 aromatic heterocycles. The van der Waals surface area contributed by atoms with Gasteiger partial charge in [-0.3, -0.25) is 9.59 Å². The Morgan fingerprint density at radius 2 is 1.93 bits per heavy atom. The first-order valence-corrected chi connectivity index (χ1v) is 9.20. The molecular weight excluding hydrogens is 342 g/mol. The van der Waals surface area contributed by atoms with Gasteiger partial charge in [-0.2, -0.15) is 5.10 Å². The lowest BCUT2D eigenvalue weighted by Crippen LogP contribution is -2.25. The maximum Gasteiger partial charge on any atom is 0.309 e. The minimum absolute atomic E-state index is 0.143. The van der Waals surface area contributed by atoms with E-state index in [9.17, 15) is 9.59 Å². The average Bonchev–Trinajstić information content (AvgIpc) is 2.95. The molecule has 0 saturated carbocycles. The lowest BCUT2D eigenvalue weighted by Gasteiger charge is -2.16. The Kier molecular flexibility index (Phi) is 5.74. The number of aromatic nitrogens is 2. The summed E-state index contributed by atoms with van der Waals surface area (Å²) in [6.45, 7) is 5.48. The van der Waals surface area contributed by atoms with E-state index in [2.05, 4.69) is 16.5 Å². The Morgan fingerprint density at radius 3 is 2.59 bits per heavy atom. The molecule has 6 nitrogen and oxygen atoms in total. The summed E-state index contributed by atoms with van der Waals surface area (Å²) in [5, 5.41) is 7.34. The highest BCUT2D eigenvalue weighted by Gasteiger charge is 2.22. The van der Waals surface area contributed by atoms with Crippen molar-refractivity contribution in [1.29, 1.82) is 0 Å². The van der Waals surface area contributed by atoms with Crippen LogP contribution in [0.2, 0.25) is 0 Å². The van der Waals surface area contributed by atoms with Gasteiger partial charge in [-0.15, -0.1) is 0 Å². The fourth-order valence-corrected chi connectivity index (χ4v) is 3.20. The van der Waals surface area contributed by atoms with Crippen molar-refractivity contribution in [3.05, 3.63) is 53.4 Å². The second-order valence-electron chi connectivity index (χ2n) is 6.93. The average molecular weight is 367 g/mol. The van der Waals surface area contributed by atoms with Crippen LogP contribution in [0.3, 0.4) is 0 Å². The summed E-state index contributed by atoms with van der Waals surface area (Å²) in [5.41, 5.74) is 4.29. The number of rotatable bonds is 5. The van der Waals surface area contributed by atoms with Gasteiger partial charge in [0.25, 0.3) is 5.91 Å². The number of carbonyl (C=O) groups excluding carboxylic acids is 2. The minimum Gasteiger partial charge on any atom is -0.455 e. The van der Waals surface area contributed by atoms with Crippen LogP contribution in [-0.2, 0) is 14.3 Å². The van der Waals surface area contributed by atoms with Crippen molar-refractivity contribution in [1.82, 2.24) is 9.78 Å². The molecule has 6 heteroatoms. The van der Waals surface area contributed by atoms with Crippen LogP contribution in [-0.4, -0.2) is 28.3 Å². The summed E-state index contributed by atoms with van der Waals surface area (Å²) in [4.78, 5) is 24.3. The molecule has 0 bridgehead atoms. The van der Waals surface area contributed by atoms with Crippen LogP contribution < -0.4 is 5.32 Å². The lowest BCUT2D eigenvalue weighted by atomic mass is 9.95. The molecule has 0 unspecified atom stereocenters. The number of anilines is 1. The molecule has 142 valence electrons. The highest BCUT2D eigenvalue weighted by Crippen LogP contribution is 2.23. The third-order valence-electron chi connectivity index (χ3n) is 4.78. The zero-order chi connectivity index (χ0) is 19.4. The van der Waals surface area contributed by atoms with Gasteiger partial charge in [0.05, 0.1) is 28.7 Å². The van der Waals surface area contributed by atoms with Crippen LogP contribution in [0.5, 0.6) is 0 Å². The second kappa shape index (κ2) is 8.20. The third kappa shape index (κ3) is 4.45. The van der Waals surface area contributed by atoms with E-state index in [0.717, 1.165) is 24.2 Å². The SMILES string of the molecule is Cc1ccc(-n2nc(C)c(NC(=O)COC(=O)[C@@H]3CC=CCC3)c2C)cc1. The molecule has 0 fully saturated rings. The van der Waals surface area contributed by atoms with Crippen molar-refractivity contribution in [2.45, 2.75) is 40.0 Å². The maximum absolute atomic E-state index is 12.3. The highest BCUT2D eigenvalue weighted by atomic mass is 16.5. The number of aryl methyl sites for hydroxylation is 2. The molecule has 27 heavy (non-hydrogen) atoms. The number of allylic oxidation sites excluding steroid dienone is 2. The topological polar surface area (TPSA) is 73.2 Å². The molecule has 1 aliphatic carbocycles. The molecule has 0 aliphatic heterocycles. The van der Waals surface area contributed by atoms with Crippen molar-refractivity contribution in [2.75, 3.05) is 11.9 Å². The summed E-state index contributed by atoms with van der Waals surface area (Å²) in [6.07, 6.45) is 6.39. The van der Waals surface area contributed by atoms with Crippen molar-refractivity contribution < 1.29 is 14.3 Å². The fraction of sp³-hybridized carbons (Fsp3) is 0.381. The Morgan fingerprint density at radius 1 is 1.19 bits per heavy atom. The van der Waals surface area contributed by atoms with E-state index in [1.165, 1.54) is 5.56 Å². The standard InChI is InChI=1S/C21H25N3O3/c1-14-9-11-18(12-10-14)24-16(3)20(15(2)23-24)22-19(25)13-27-21(26)17-7-5-4-6-8-17/h4-5,9-12,17H,6-8,13H2,1-3H3,(H,22,25)/t17-/m1/s1. The van der Waals surface area contributed by atoms with Gasteiger partial charge in [0.15, 0.2) is 6.61 Å². The first-order chi connectivity index (χ1) is 13.0. The van der Waals surface area contributed by atoms with E-state index in [4.69, 9.17) is 4.74 Å². The lowest BCUT2D eigenvalue weighted by molar-refractivity contribution is -0.151. The van der Waals surface area contributed by atoms with Gasteiger partial charge in [0, 0.05) is 0 Å². The maximum atomic E-state index is 12.3. The van der Waals surface area contributed by atoms with Gasteiger partial charge in [-0.25, -0.2) is 4.68 Å². The third-order valence-corrected chi connectivity index (χ3v) is 4.78. The summed E-state index contributed by atoms with van der Waals surface area (Å²) in [7, 11) is 0. The molecule has 1 amide bonds. The second-order valence-corrected chi connectivity index (χ2v) is 6.93. The molecule has 0 saturated heterocycles. The Labute approximate surface area is 159 Å². The Balaban J connectivity index is 1.63. The molecule has 1 aromatic carbocycles. The number of carbonyl (C=O) groups is 2. The summed E-state index contributed by atoms with van der Waals surface area (Å²) in [5.74, 6) is -0.807. The minimum atomic E-state index is -0.357. The summed E-state index contributed by atoms with van der Waals surface area (Å²) in [6, 6.07) is 8.01. The van der Waals surface area contributed by atoms with Crippen molar-refractivity contribution >= 4 is 17.6 Å². The Hall–Kier alpha value is -2.89. The van der Waals surface area contributed by atoms with E-state index in [1.54, 1.807) is 4.68 Å². The molecule has 1 aliphatic rings. The van der Waals surface area contributed by atoms with Gasteiger partial charge in [-0.1, -0.05) is 29.8 Å².